The van der Waals surface area contributed by atoms with Crippen molar-refractivity contribution in [3.05, 3.63) is 24.0 Å². The second-order valence-corrected chi connectivity index (χ2v) is 7.19. The number of thiocarbonyl (C=S) groups is 1. The fourth-order valence-electron chi connectivity index (χ4n) is 1.48. The zero-order valence-electron chi connectivity index (χ0n) is 11.5. The van der Waals surface area contributed by atoms with Crippen LogP contribution >= 0.6 is 12.2 Å². The van der Waals surface area contributed by atoms with Crippen molar-refractivity contribution in [1.29, 1.82) is 0 Å². The summed E-state index contributed by atoms with van der Waals surface area (Å²) in [4.78, 5) is 4.25. The number of rotatable bonds is 5. The molecular formula is C12H19N3O2S2. The van der Waals surface area contributed by atoms with Crippen LogP contribution in [0.4, 0.5) is 0 Å². The first-order valence-electron chi connectivity index (χ1n) is 5.91. The van der Waals surface area contributed by atoms with E-state index in [-0.39, 0.29) is 21.8 Å². The Balaban J connectivity index is 3.10. The molecule has 2 N–H and O–H groups in total. The summed E-state index contributed by atoms with van der Waals surface area (Å²) in [7, 11) is -1.97. The van der Waals surface area contributed by atoms with E-state index in [0.717, 1.165) is 0 Å². The van der Waals surface area contributed by atoms with Gasteiger partial charge in [0.25, 0.3) is 0 Å². The summed E-state index contributed by atoms with van der Waals surface area (Å²) < 4.78 is 26.1. The van der Waals surface area contributed by atoms with E-state index < -0.39 is 10.0 Å². The van der Waals surface area contributed by atoms with Crippen LogP contribution in [0.25, 0.3) is 0 Å². The van der Waals surface area contributed by atoms with Crippen LogP contribution in [0.15, 0.2) is 23.2 Å². The highest BCUT2D eigenvalue weighted by Gasteiger charge is 2.27. The van der Waals surface area contributed by atoms with Crippen LogP contribution in [-0.4, -0.2) is 35.8 Å². The summed E-state index contributed by atoms with van der Waals surface area (Å²) in [6, 6.07) is 2.89. The zero-order chi connectivity index (χ0) is 14.8. The third-order valence-corrected chi connectivity index (χ3v) is 5.34. The Morgan fingerprint density at radius 3 is 2.32 bits per heavy atom. The number of aromatic nitrogens is 1. The summed E-state index contributed by atoms with van der Waals surface area (Å²) in [6.45, 7) is 5.83. The molecule has 0 aliphatic heterocycles. The van der Waals surface area contributed by atoms with E-state index in [2.05, 4.69) is 4.98 Å². The van der Waals surface area contributed by atoms with E-state index in [1.807, 2.05) is 20.8 Å². The summed E-state index contributed by atoms with van der Waals surface area (Å²) in [6.07, 6.45) is 1.29. The van der Waals surface area contributed by atoms with Crippen LogP contribution in [0.5, 0.6) is 0 Å². The lowest BCUT2D eigenvalue weighted by molar-refractivity contribution is 0.315. The van der Waals surface area contributed by atoms with Crippen LogP contribution in [0.2, 0.25) is 0 Å². The minimum absolute atomic E-state index is 0.0970. The second kappa shape index (κ2) is 5.94. The molecule has 106 valence electrons. The number of hydrogen-bond donors (Lipinski definition) is 1. The standard InChI is InChI=1S/C12H19N3O2S2/c1-8(2)9(3)15(4)19(16,17)10-5-6-11(12(13)18)14-7-10/h5-9H,1-4H3,(H2,13,18). The largest absolute Gasteiger partial charge is 0.388 e. The normalized spacial score (nSPS) is 13.8. The maximum absolute atomic E-state index is 12.4. The van der Waals surface area contributed by atoms with Gasteiger partial charge >= 0.3 is 0 Å². The predicted molar refractivity (Wildman–Crippen MR) is 79.4 cm³/mol. The van der Waals surface area contributed by atoms with Crippen molar-refractivity contribution >= 4 is 27.2 Å². The number of sulfonamides is 1. The quantitative estimate of drug-likeness (QED) is 0.832. The Hall–Kier alpha value is -1.05. The molecule has 0 saturated carbocycles. The highest BCUT2D eigenvalue weighted by Crippen LogP contribution is 2.19. The lowest BCUT2D eigenvalue weighted by Gasteiger charge is -2.27. The molecule has 1 aromatic rings. The van der Waals surface area contributed by atoms with Crippen LogP contribution in [0.3, 0.4) is 0 Å². The Bertz CT molecular complexity index is 553. The van der Waals surface area contributed by atoms with Gasteiger partial charge in [0, 0.05) is 19.3 Å². The molecule has 1 atom stereocenters. The minimum atomic E-state index is -3.54. The third-order valence-electron chi connectivity index (χ3n) is 3.20. The van der Waals surface area contributed by atoms with E-state index in [4.69, 9.17) is 18.0 Å². The SMILES string of the molecule is CC(C)C(C)N(C)S(=O)(=O)c1ccc(C(N)=S)nc1. The summed E-state index contributed by atoms with van der Waals surface area (Å²) in [5, 5.41) is 0. The predicted octanol–water partition coefficient (Wildman–Crippen LogP) is 1.38. The molecular weight excluding hydrogens is 282 g/mol. The van der Waals surface area contributed by atoms with Crippen LogP contribution in [0, 0.1) is 5.92 Å². The highest BCUT2D eigenvalue weighted by atomic mass is 32.2. The van der Waals surface area contributed by atoms with Gasteiger partial charge < -0.3 is 5.73 Å². The first-order chi connectivity index (χ1) is 8.67. The molecule has 0 aliphatic carbocycles. The van der Waals surface area contributed by atoms with E-state index in [0.29, 0.717) is 5.69 Å². The van der Waals surface area contributed by atoms with Crippen molar-refractivity contribution < 1.29 is 8.42 Å². The molecule has 7 heteroatoms. The van der Waals surface area contributed by atoms with Crippen LogP contribution in [-0.2, 0) is 10.0 Å². The first-order valence-corrected chi connectivity index (χ1v) is 7.76. The monoisotopic (exact) mass is 301 g/mol. The van der Waals surface area contributed by atoms with Gasteiger partial charge in [-0.2, -0.15) is 4.31 Å². The molecule has 0 fully saturated rings. The summed E-state index contributed by atoms with van der Waals surface area (Å²) in [5.74, 6) is 0.226. The molecule has 1 aromatic heterocycles. The average Bonchev–Trinajstić information content (AvgIpc) is 2.36. The Kier molecular flexibility index (Phi) is 5.00. The van der Waals surface area contributed by atoms with Gasteiger partial charge in [-0.25, -0.2) is 8.42 Å². The molecule has 0 bridgehead atoms. The van der Waals surface area contributed by atoms with Gasteiger partial charge in [0.05, 0.1) is 5.69 Å². The van der Waals surface area contributed by atoms with Gasteiger partial charge in [-0.1, -0.05) is 26.1 Å². The maximum atomic E-state index is 12.4. The number of nitrogens with zero attached hydrogens (tertiary/aromatic N) is 2. The lowest BCUT2D eigenvalue weighted by Crippen LogP contribution is -2.38. The molecule has 1 unspecified atom stereocenters. The van der Waals surface area contributed by atoms with Crippen molar-refractivity contribution in [1.82, 2.24) is 9.29 Å². The summed E-state index contributed by atoms with van der Waals surface area (Å²) >= 11 is 4.78. The molecule has 0 amide bonds. The average molecular weight is 301 g/mol. The van der Waals surface area contributed by atoms with Crippen molar-refractivity contribution in [2.24, 2.45) is 11.7 Å². The molecule has 5 nitrogen and oxygen atoms in total. The van der Waals surface area contributed by atoms with E-state index in [1.165, 1.54) is 22.6 Å². The third kappa shape index (κ3) is 3.49. The molecule has 1 rings (SSSR count). The topological polar surface area (TPSA) is 76.3 Å². The van der Waals surface area contributed by atoms with E-state index in [9.17, 15) is 8.42 Å². The van der Waals surface area contributed by atoms with Crippen molar-refractivity contribution in [2.75, 3.05) is 7.05 Å². The molecule has 19 heavy (non-hydrogen) atoms. The van der Waals surface area contributed by atoms with Gasteiger partial charge in [0.1, 0.15) is 9.88 Å². The fourth-order valence-corrected chi connectivity index (χ4v) is 3.04. The maximum Gasteiger partial charge on any atom is 0.244 e. The van der Waals surface area contributed by atoms with E-state index >= 15 is 0 Å². The van der Waals surface area contributed by atoms with Gasteiger partial charge in [0.15, 0.2) is 0 Å². The smallest absolute Gasteiger partial charge is 0.244 e. The number of pyridine rings is 1. The first kappa shape index (κ1) is 16.0. The van der Waals surface area contributed by atoms with Gasteiger partial charge in [-0.15, -0.1) is 0 Å². The second-order valence-electron chi connectivity index (χ2n) is 4.75. The molecule has 0 saturated heterocycles. The molecule has 0 aliphatic rings. The van der Waals surface area contributed by atoms with Crippen molar-refractivity contribution in [2.45, 2.75) is 31.7 Å². The summed E-state index contributed by atoms with van der Waals surface area (Å²) in [5.41, 5.74) is 5.84. The molecule has 0 aromatic carbocycles. The minimum Gasteiger partial charge on any atom is -0.388 e. The van der Waals surface area contributed by atoms with Gasteiger partial charge in [0.2, 0.25) is 10.0 Å². The van der Waals surface area contributed by atoms with Crippen LogP contribution < -0.4 is 5.73 Å². The van der Waals surface area contributed by atoms with E-state index in [1.54, 1.807) is 7.05 Å². The number of nitrogens with two attached hydrogens (primary N) is 1. The van der Waals surface area contributed by atoms with Crippen LogP contribution in [0.1, 0.15) is 26.5 Å². The fraction of sp³-hybridized carbons (Fsp3) is 0.500. The van der Waals surface area contributed by atoms with Gasteiger partial charge in [-0.3, -0.25) is 4.98 Å². The molecule has 1 heterocycles. The van der Waals surface area contributed by atoms with Gasteiger partial charge in [-0.05, 0) is 25.0 Å². The van der Waals surface area contributed by atoms with Crippen molar-refractivity contribution in [3.8, 4) is 0 Å². The Labute approximate surface area is 119 Å². The number of hydrogen-bond acceptors (Lipinski definition) is 4. The lowest BCUT2D eigenvalue weighted by atomic mass is 10.1. The Morgan fingerprint density at radius 2 is 1.95 bits per heavy atom. The van der Waals surface area contributed by atoms with Crippen molar-refractivity contribution in [3.63, 3.8) is 0 Å². The zero-order valence-corrected chi connectivity index (χ0v) is 13.1. The molecule has 0 spiro atoms. The Morgan fingerprint density at radius 1 is 1.37 bits per heavy atom. The molecule has 0 radical (unpaired) electrons. The highest BCUT2D eigenvalue weighted by molar-refractivity contribution is 7.89.